The molecule has 0 aliphatic heterocycles. The van der Waals surface area contributed by atoms with Gasteiger partial charge in [0.15, 0.2) is 5.11 Å². The Morgan fingerprint density at radius 2 is 1.94 bits per heavy atom. The van der Waals surface area contributed by atoms with E-state index in [4.69, 9.17) is 5.73 Å². The minimum absolute atomic E-state index is 0.0676. The Labute approximate surface area is 112 Å². The van der Waals surface area contributed by atoms with Gasteiger partial charge in [0.25, 0.3) is 0 Å². The second-order valence-electron chi connectivity index (χ2n) is 3.59. The third-order valence-corrected chi connectivity index (χ3v) is 3.97. The van der Waals surface area contributed by atoms with E-state index in [0.717, 1.165) is 9.87 Å². The Kier molecular flexibility index (Phi) is 4.76. The minimum Gasteiger partial charge on any atom is -0.375 e. The van der Waals surface area contributed by atoms with Gasteiger partial charge in [-0.3, -0.25) is 5.43 Å². The highest BCUT2D eigenvalue weighted by Crippen LogP contribution is 2.13. The van der Waals surface area contributed by atoms with Crippen molar-refractivity contribution in [1.82, 2.24) is 9.73 Å². The SMILES string of the molecule is CN(C)S(=O)(=O)c1ccc(C=NNC(N)=S)cc1. The number of hydrogen-bond donors (Lipinski definition) is 2. The van der Waals surface area contributed by atoms with Crippen molar-refractivity contribution in [3.63, 3.8) is 0 Å². The van der Waals surface area contributed by atoms with Crippen LogP contribution in [0, 0.1) is 0 Å². The van der Waals surface area contributed by atoms with E-state index in [2.05, 4.69) is 22.7 Å². The van der Waals surface area contributed by atoms with Crippen LogP contribution in [-0.4, -0.2) is 38.1 Å². The van der Waals surface area contributed by atoms with Crippen molar-refractivity contribution < 1.29 is 8.42 Å². The molecule has 0 amide bonds. The fourth-order valence-corrected chi connectivity index (χ4v) is 2.06. The molecule has 0 bridgehead atoms. The van der Waals surface area contributed by atoms with E-state index in [1.54, 1.807) is 12.1 Å². The van der Waals surface area contributed by atoms with Gasteiger partial charge in [-0.05, 0) is 29.9 Å². The second-order valence-corrected chi connectivity index (χ2v) is 6.18. The lowest BCUT2D eigenvalue weighted by molar-refractivity contribution is 0.521. The standard InChI is InChI=1S/C10H14N4O2S2/c1-14(2)18(15,16)9-5-3-8(4-6-9)7-12-13-10(11)17/h3-7H,1-2H3,(H3,11,13,17). The average molecular weight is 286 g/mol. The molecule has 1 aromatic carbocycles. The van der Waals surface area contributed by atoms with Gasteiger partial charge in [0.1, 0.15) is 0 Å². The van der Waals surface area contributed by atoms with Gasteiger partial charge in [0.2, 0.25) is 10.0 Å². The van der Waals surface area contributed by atoms with Crippen LogP contribution in [0.25, 0.3) is 0 Å². The second kappa shape index (κ2) is 5.89. The van der Waals surface area contributed by atoms with Crippen molar-refractivity contribution in [2.75, 3.05) is 14.1 Å². The van der Waals surface area contributed by atoms with Gasteiger partial charge in [0.05, 0.1) is 11.1 Å². The summed E-state index contributed by atoms with van der Waals surface area (Å²) in [6.45, 7) is 0. The Bertz CT molecular complexity index is 550. The molecule has 3 N–H and O–H groups in total. The highest BCUT2D eigenvalue weighted by molar-refractivity contribution is 7.89. The number of nitrogens with zero attached hydrogens (tertiary/aromatic N) is 2. The van der Waals surface area contributed by atoms with Crippen molar-refractivity contribution in [1.29, 1.82) is 0 Å². The van der Waals surface area contributed by atoms with Crippen molar-refractivity contribution in [2.24, 2.45) is 10.8 Å². The lowest BCUT2D eigenvalue weighted by atomic mass is 10.2. The summed E-state index contributed by atoms with van der Waals surface area (Å²) in [5.74, 6) is 0. The monoisotopic (exact) mass is 286 g/mol. The van der Waals surface area contributed by atoms with Crippen molar-refractivity contribution in [2.45, 2.75) is 4.90 Å². The minimum atomic E-state index is -3.40. The molecule has 0 atom stereocenters. The fourth-order valence-electron chi connectivity index (χ4n) is 1.11. The summed E-state index contributed by atoms with van der Waals surface area (Å²) >= 11 is 4.58. The number of benzene rings is 1. The van der Waals surface area contributed by atoms with Crippen LogP contribution >= 0.6 is 12.2 Å². The summed E-state index contributed by atoms with van der Waals surface area (Å²) in [5, 5.41) is 3.83. The average Bonchev–Trinajstić information content (AvgIpc) is 2.29. The smallest absolute Gasteiger partial charge is 0.242 e. The fraction of sp³-hybridized carbons (Fsp3) is 0.200. The van der Waals surface area contributed by atoms with Crippen LogP contribution in [0.3, 0.4) is 0 Å². The van der Waals surface area contributed by atoms with Crippen LogP contribution in [0.15, 0.2) is 34.3 Å². The van der Waals surface area contributed by atoms with E-state index in [-0.39, 0.29) is 10.0 Å². The number of thiocarbonyl (C=S) groups is 1. The Morgan fingerprint density at radius 3 is 2.39 bits per heavy atom. The molecule has 0 aromatic heterocycles. The Balaban J connectivity index is 2.87. The lowest BCUT2D eigenvalue weighted by Crippen LogP contribution is -2.24. The molecule has 0 heterocycles. The van der Waals surface area contributed by atoms with E-state index < -0.39 is 10.0 Å². The van der Waals surface area contributed by atoms with E-state index >= 15 is 0 Å². The van der Waals surface area contributed by atoms with E-state index in [9.17, 15) is 8.42 Å². The molecule has 1 aromatic rings. The molecular weight excluding hydrogens is 272 g/mol. The summed E-state index contributed by atoms with van der Waals surface area (Å²) in [7, 11) is -0.429. The molecular formula is C10H14N4O2S2. The van der Waals surface area contributed by atoms with Crippen LogP contribution in [0.2, 0.25) is 0 Å². The zero-order valence-corrected chi connectivity index (χ0v) is 11.6. The molecule has 98 valence electrons. The summed E-state index contributed by atoms with van der Waals surface area (Å²) in [5.41, 5.74) is 8.33. The van der Waals surface area contributed by atoms with Gasteiger partial charge in [-0.25, -0.2) is 12.7 Å². The Morgan fingerprint density at radius 1 is 1.39 bits per heavy atom. The van der Waals surface area contributed by atoms with Gasteiger partial charge in [-0.15, -0.1) is 0 Å². The topological polar surface area (TPSA) is 87.8 Å². The predicted octanol–water partition coefficient (Wildman–Crippen LogP) is 0.104. The third-order valence-electron chi connectivity index (χ3n) is 2.05. The lowest BCUT2D eigenvalue weighted by Gasteiger charge is -2.10. The van der Waals surface area contributed by atoms with E-state index in [0.29, 0.717) is 0 Å². The van der Waals surface area contributed by atoms with Crippen molar-refractivity contribution >= 4 is 33.6 Å². The molecule has 1 rings (SSSR count). The number of nitrogens with one attached hydrogen (secondary N) is 1. The summed E-state index contributed by atoms with van der Waals surface area (Å²) in [6, 6.07) is 6.30. The highest BCUT2D eigenvalue weighted by atomic mass is 32.2. The molecule has 6 nitrogen and oxygen atoms in total. The first-order valence-electron chi connectivity index (χ1n) is 4.95. The molecule has 0 fully saturated rings. The molecule has 0 aliphatic rings. The number of rotatable bonds is 4. The van der Waals surface area contributed by atoms with Crippen LogP contribution in [0.1, 0.15) is 5.56 Å². The van der Waals surface area contributed by atoms with Crippen LogP contribution in [0.5, 0.6) is 0 Å². The molecule has 0 saturated heterocycles. The van der Waals surface area contributed by atoms with Crippen molar-refractivity contribution in [3.05, 3.63) is 29.8 Å². The normalized spacial score (nSPS) is 11.9. The number of hydrogen-bond acceptors (Lipinski definition) is 4. The predicted molar refractivity (Wildman–Crippen MR) is 74.8 cm³/mol. The molecule has 0 radical (unpaired) electrons. The number of nitrogens with two attached hydrogens (primary N) is 1. The van der Waals surface area contributed by atoms with Crippen molar-refractivity contribution in [3.8, 4) is 0 Å². The van der Waals surface area contributed by atoms with E-state index in [1.807, 2.05) is 0 Å². The summed E-state index contributed by atoms with van der Waals surface area (Å²) in [6.07, 6.45) is 1.49. The first kappa shape index (κ1) is 14.6. The first-order chi connectivity index (χ1) is 8.34. The maximum absolute atomic E-state index is 11.8. The number of sulfonamides is 1. The first-order valence-corrected chi connectivity index (χ1v) is 6.80. The van der Waals surface area contributed by atoms with Gasteiger partial charge >= 0.3 is 0 Å². The van der Waals surface area contributed by atoms with Gasteiger partial charge in [-0.2, -0.15) is 5.10 Å². The molecule has 0 unspecified atom stereocenters. The molecule has 8 heteroatoms. The van der Waals surface area contributed by atoms with Crippen LogP contribution < -0.4 is 11.2 Å². The quantitative estimate of drug-likeness (QED) is 0.466. The third kappa shape index (κ3) is 3.76. The maximum Gasteiger partial charge on any atom is 0.242 e. The summed E-state index contributed by atoms with van der Waals surface area (Å²) in [4.78, 5) is 0.229. The van der Waals surface area contributed by atoms with Gasteiger partial charge < -0.3 is 5.73 Å². The number of hydrazone groups is 1. The highest BCUT2D eigenvalue weighted by Gasteiger charge is 2.16. The zero-order chi connectivity index (χ0) is 13.8. The largest absolute Gasteiger partial charge is 0.375 e. The van der Waals surface area contributed by atoms with E-state index in [1.165, 1.54) is 32.4 Å². The zero-order valence-electron chi connectivity index (χ0n) is 9.99. The Hall–Kier alpha value is -1.51. The van der Waals surface area contributed by atoms with Gasteiger partial charge in [-0.1, -0.05) is 12.1 Å². The maximum atomic E-state index is 11.8. The molecule has 0 aliphatic carbocycles. The summed E-state index contributed by atoms with van der Waals surface area (Å²) < 4.78 is 24.7. The van der Waals surface area contributed by atoms with Crippen LogP contribution in [0.4, 0.5) is 0 Å². The van der Waals surface area contributed by atoms with Crippen LogP contribution in [-0.2, 0) is 10.0 Å². The molecule has 0 spiro atoms. The molecule has 18 heavy (non-hydrogen) atoms. The van der Waals surface area contributed by atoms with Gasteiger partial charge in [0, 0.05) is 14.1 Å². The molecule has 0 saturated carbocycles.